The van der Waals surface area contributed by atoms with Crippen LogP contribution in [0.2, 0.25) is 0 Å². The second-order valence-corrected chi connectivity index (χ2v) is 7.40. The zero-order valence-corrected chi connectivity index (χ0v) is 15.3. The molecule has 0 aliphatic rings. The van der Waals surface area contributed by atoms with Gasteiger partial charge in [-0.25, -0.2) is 10.1 Å². The van der Waals surface area contributed by atoms with E-state index in [9.17, 15) is 18.0 Å². The number of hydrogen-bond donors (Lipinski definition) is 2. The molecule has 2 aromatic carbocycles. The molecule has 1 atom stereocenters. The largest absolute Gasteiger partial charge is 0.416 e. The quantitative estimate of drug-likeness (QED) is 0.495. The van der Waals surface area contributed by atoms with Gasteiger partial charge in [0, 0.05) is 5.69 Å². The van der Waals surface area contributed by atoms with Crippen LogP contribution in [0, 0.1) is 0 Å². The monoisotopic (exact) mass is 405 g/mol. The standard InChI is InChI=1S/C18H14F3N5OS/c1-10(15(27)22-12-6-4-5-11(9-12)18(19,20)21)28-17-25-24-16-23-13-7-2-3-8-14(13)26(16)17/h2-10H,1H3,(H,22,27)(H,23,24). The Balaban J connectivity index is 1.53. The number of carbonyl (C=O) groups is 1. The SMILES string of the molecule is CC(Sc1n[nH]c2nc3ccccc3n12)C(=O)Nc1cccc(C(F)(F)F)c1. The number of benzene rings is 2. The molecule has 4 aromatic rings. The van der Waals surface area contributed by atoms with Gasteiger partial charge in [0.25, 0.3) is 0 Å². The van der Waals surface area contributed by atoms with Gasteiger partial charge in [-0.3, -0.25) is 9.20 Å². The van der Waals surface area contributed by atoms with Crippen LogP contribution in [0.3, 0.4) is 0 Å². The number of amides is 1. The summed E-state index contributed by atoms with van der Waals surface area (Å²) in [5.74, 6) is 0.124. The molecule has 0 saturated heterocycles. The second-order valence-electron chi connectivity index (χ2n) is 6.09. The van der Waals surface area contributed by atoms with E-state index in [0.29, 0.717) is 10.9 Å². The minimum absolute atomic E-state index is 0.0903. The van der Waals surface area contributed by atoms with Gasteiger partial charge in [0.2, 0.25) is 11.7 Å². The van der Waals surface area contributed by atoms with Gasteiger partial charge in [0.05, 0.1) is 21.8 Å². The highest BCUT2D eigenvalue weighted by Crippen LogP contribution is 2.31. The Bertz CT molecular complexity index is 1170. The van der Waals surface area contributed by atoms with Crippen LogP contribution in [0.25, 0.3) is 16.8 Å². The third-order valence-corrected chi connectivity index (χ3v) is 5.16. The number of H-pyrrole nitrogens is 1. The molecule has 10 heteroatoms. The molecule has 0 saturated carbocycles. The summed E-state index contributed by atoms with van der Waals surface area (Å²) in [4.78, 5) is 16.9. The van der Waals surface area contributed by atoms with Crippen LogP contribution in [0.5, 0.6) is 0 Å². The Kier molecular flexibility index (Phi) is 4.50. The van der Waals surface area contributed by atoms with Crippen LogP contribution in [-0.4, -0.2) is 30.7 Å². The van der Waals surface area contributed by atoms with Gasteiger partial charge in [0.1, 0.15) is 0 Å². The molecule has 28 heavy (non-hydrogen) atoms. The predicted molar refractivity (Wildman–Crippen MR) is 100 cm³/mol. The molecule has 0 spiro atoms. The van der Waals surface area contributed by atoms with Crippen LogP contribution >= 0.6 is 11.8 Å². The summed E-state index contributed by atoms with van der Waals surface area (Å²) in [5.41, 5.74) is 0.912. The van der Waals surface area contributed by atoms with Gasteiger partial charge in [-0.2, -0.15) is 13.2 Å². The molecular formula is C18H14F3N5OS. The van der Waals surface area contributed by atoms with E-state index in [2.05, 4.69) is 20.5 Å². The lowest BCUT2D eigenvalue weighted by atomic mass is 10.2. The molecule has 0 radical (unpaired) electrons. The molecular weight excluding hydrogens is 391 g/mol. The number of imidazole rings is 1. The van der Waals surface area contributed by atoms with Crippen molar-refractivity contribution in [3.05, 3.63) is 54.1 Å². The van der Waals surface area contributed by atoms with Crippen LogP contribution in [0.15, 0.2) is 53.7 Å². The molecule has 0 fully saturated rings. The first-order valence-electron chi connectivity index (χ1n) is 8.29. The number of aromatic amines is 1. The van der Waals surface area contributed by atoms with Crippen molar-refractivity contribution in [3.8, 4) is 0 Å². The lowest BCUT2D eigenvalue weighted by Crippen LogP contribution is -2.23. The van der Waals surface area contributed by atoms with Crippen LogP contribution in [-0.2, 0) is 11.0 Å². The summed E-state index contributed by atoms with van der Waals surface area (Å²) in [6.45, 7) is 1.66. The maximum absolute atomic E-state index is 12.8. The van der Waals surface area contributed by atoms with Gasteiger partial charge in [-0.15, -0.1) is 5.10 Å². The molecule has 6 nitrogen and oxygen atoms in total. The van der Waals surface area contributed by atoms with Gasteiger partial charge in [0.15, 0.2) is 5.16 Å². The smallest absolute Gasteiger partial charge is 0.325 e. The molecule has 4 rings (SSSR count). The van der Waals surface area contributed by atoms with Crippen molar-refractivity contribution in [1.29, 1.82) is 0 Å². The lowest BCUT2D eigenvalue weighted by Gasteiger charge is -2.13. The molecule has 144 valence electrons. The Labute approximate surface area is 161 Å². The van der Waals surface area contributed by atoms with Gasteiger partial charge >= 0.3 is 6.18 Å². The number of nitrogens with zero attached hydrogens (tertiary/aromatic N) is 3. The first-order valence-corrected chi connectivity index (χ1v) is 9.17. The molecule has 2 aromatic heterocycles. The topological polar surface area (TPSA) is 75.1 Å². The summed E-state index contributed by atoms with van der Waals surface area (Å²) in [5, 5.41) is 9.48. The highest BCUT2D eigenvalue weighted by Gasteiger charge is 2.30. The minimum atomic E-state index is -4.47. The zero-order chi connectivity index (χ0) is 19.9. The molecule has 0 bridgehead atoms. The maximum Gasteiger partial charge on any atom is 0.416 e. The predicted octanol–water partition coefficient (Wildman–Crippen LogP) is 4.35. The Morgan fingerprint density at radius 3 is 2.79 bits per heavy atom. The minimum Gasteiger partial charge on any atom is -0.325 e. The first-order chi connectivity index (χ1) is 13.3. The molecule has 0 aliphatic carbocycles. The number of fused-ring (bicyclic) bond motifs is 3. The van der Waals surface area contributed by atoms with Gasteiger partial charge in [-0.1, -0.05) is 30.0 Å². The Morgan fingerprint density at radius 1 is 1.21 bits per heavy atom. The van der Waals surface area contributed by atoms with E-state index in [0.717, 1.165) is 23.2 Å². The number of halogens is 3. The molecule has 0 aliphatic heterocycles. The van der Waals surface area contributed by atoms with Gasteiger partial charge in [-0.05, 0) is 37.3 Å². The van der Waals surface area contributed by atoms with E-state index >= 15 is 0 Å². The van der Waals surface area contributed by atoms with Crippen molar-refractivity contribution in [2.75, 3.05) is 5.32 Å². The number of carbonyl (C=O) groups excluding carboxylic acids is 1. The zero-order valence-electron chi connectivity index (χ0n) is 14.5. The van der Waals surface area contributed by atoms with Crippen LogP contribution in [0.4, 0.5) is 18.9 Å². The maximum atomic E-state index is 12.8. The summed E-state index contributed by atoms with van der Waals surface area (Å²) in [7, 11) is 0. The number of para-hydroxylation sites is 2. The van der Waals surface area contributed by atoms with Crippen molar-refractivity contribution in [3.63, 3.8) is 0 Å². The van der Waals surface area contributed by atoms with E-state index in [1.165, 1.54) is 23.9 Å². The van der Waals surface area contributed by atoms with Crippen LogP contribution < -0.4 is 5.32 Å². The van der Waals surface area contributed by atoms with E-state index in [1.807, 2.05) is 24.3 Å². The number of hydrogen-bond acceptors (Lipinski definition) is 4. The molecule has 1 unspecified atom stereocenters. The number of thioether (sulfide) groups is 1. The van der Waals surface area contributed by atoms with Crippen molar-refractivity contribution >= 4 is 40.2 Å². The number of anilines is 1. The average Bonchev–Trinajstić information content (AvgIpc) is 3.21. The number of nitrogens with one attached hydrogen (secondary N) is 2. The summed E-state index contributed by atoms with van der Waals surface area (Å²) >= 11 is 1.18. The number of alkyl halides is 3. The highest BCUT2D eigenvalue weighted by atomic mass is 32.2. The van der Waals surface area contributed by atoms with E-state index in [-0.39, 0.29) is 5.69 Å². The van der Waals surface area contributed by atoms with Crippen molar-refractivity contribution in [1.82, 2.24) is 19.6 Å². The van der Waals surface area contributed by atoms with Crippen molar-refractivity contribution in [2.45, 2.75) is 23.5 Å². The van der Waals surface area contributed by atoms with Gasteiger partial charge < -0.3 is 5.32 Å². The Morgan fingerprint density at radius 2 is 2.00 bits per heavy atom. The van der Waals surface area contributed by atoms with Crippen LogP contribution in [0.1, 0.15) is 12.5 Å². The Hall–Kier alpha value is -3.01. The molecule has 2 heterocycles. The normalized spacial score (nSPS) is 13.1. The fourth-order valence-electron chi connectivity index (χ4n) is 2.75. The average molecular weight is 405 g/mol. The third-order valence-electron chi connectivity index (χ3n) is 4.11. The molecule has 2 N–H and O–H groups in total. The van der Waals surface area contributed by atoms with Crippen molar-refractivity contribution < 1.29 is 18.0 Å². The summed E-state index contributed by atoms with van der Waals surface area (Å²) < 4.78 is 40.3. The number of rotatable bonds is 4. The van der Waals surface area contributed by atoms with E-state index in [1.54, 1.807) is 11.3 Å². The fourth-order valence-corrected chi connectivity index (χ4v) is 3.62. The van der Waals surface area contributed by atoms with E-state index < -0.39 is 22.9 Å². The summed E-state index contributed by atoms with van der Waals surface area (Å²) in [6.07, 6.45) is -4.47. The number of aromatic nitrogens is 4. The first kappa shape index (κ1) is 18.4. The second kappa shape index (κ2) is 6.86. The third kappa shape index (κ3) is 3.42. The highest BCUT2D eigenvalue weighted by molar-refractivity contribution is 8.00. The van der Waals surface area contributed by atoms with Crippen molar-refractivity contribution in [2.24, 2.45) is 0 Å². The van der Waals surface area contributed by atoms with E-state index in [4.69, 9.17) is 0 Å². The lowest BCUT2D eigenvalue weighted by molar-refractivity contribution is -0.137. The summed E-state index contributed by atoms with van der Waals surface area (Å²) in [6, 6.07) is 12.0. The fraction of sp³-hybridized carbons (Fsp3) is 0.167. The molecule has 1 amide bonds.